The maximum Gasteiger partial charge on any atom is 0.238 e. The van der Waals surface area contributed by atoms with Crippen molar-refractivity contribution in [1.82, 2.24) is 10.3 Å². The predicted molar refractivity (Wildman–Crippen MR) is 81.8 cm³/mol. The fourth-order valence-corrected chi connectivity index (χ4v) is 2.86. The zero-order valence-corrected chi connectivity index (χ0v) is 13.2. The Hall–Kier alpha value is -0.810. The summed E-state index contributed by atoms with van der Waals surface area (Å²) in [7, 11) is 2.02. The van der Waals surface area contributed by atoms with E-state index < -0.39 is 0 Å². The molecule has 1 saturated heterocycles. The highest BCUT2D eigenvalue weighted by atomic mass is 79.9. The fraction of sp³-hybridized carbons (Fsp3) is 0.643. The van der Waals surface area contributed by atoms with E-state index in [-0.39, 0.29) is 0 Å². The van der Waals surface area contributed by atoms with E-state index >= 15 is 0 Å². The second-order valence-corrected chi connectivity index (χ2v) is 5.55. The van der Waals surface area contributed by atoms with Gasteiger partial charge in [-0.3, -0.25) is 0 Å². The van der Waals surface area contributed by atoms with Gasteiger partial charge in [-0.1, -0.05) is 6.42 Å². The molecule has 5 heteroatoms. The molecule has 1 atom stereocenters. The van der Waals surface area contributed by atoms with Gasteiger partial charge < -0.3 is 15.0 Å². The van der Waals surface area contributed by atoms with Gasteiger partial charge in [-0.25, -0.2) is 4.98 Å². The van der Waals surface area contributed by atoms with E-state index in [1.807, 2.05) is 20.0 Å². The van der Waals surface area contributed by atoms with Gasteiger partial charge >= 0.3 is 0 Å². The molecule has 2 heterocycles. The Labute approximate surface area is 123 Å². The third-order valence-electron chi connectivity index (χ3n) is 3.48. The van der Waals surface area contributed by atoms with E-state index in [1.54, 1.807) is 0 Å². The Balaban J connectivity index is 2.31. The molecule has 1 aromatic heterocycles. The van der Waals surface area contributed by atoms with Gasteiger partial charge in [0.05, 0.1) is 12.8 Å². The van der Waals surface area contributed by atoms with Crippen molar-refractivity contribution in [3.63, 3.8) is 0 Å². The van der Waals surface area contributed by atoms with Gasteiger partial charge in [-0.2, -0.15) is 0 Å². The number of rotatable bonds is 4. The average Bonchev–Trinajstić information content (AvgIpc) is 2.64. The lowest BCUT2D eigenvalue weighted by molar-refractivity contribution is 0.325. The van der Waals surface area contributed by atoms with Gasteiger partial charge in [0, 0.05) is 6.54 Å². The van der Waals surface area contributed by atoms with Crippen molar-refractivity contribution < 1.29 is 4.74 Å². The van der Waals surface area contributed by atoms with Crippen molar-refractivity contribution in [2.75, 3.05) is 25.1 Å². The van der Waals surface area contributed by atoms with Crippen molar-refractivity contribution in [3.8, 4) is 5.88 Å². The van der Waals surface area contributed by atoms with Crippen LogP contribution in [0.15, 0.2) is 16.7 Å². The van der Waals surface area contributed by atoms with Gasteiger partial charge in [0.15, 0.2) is 0 Å². The first-order chi connectivity index (χ1) is 9.26. The minimum absolute atomic E-state index is 0.365. The molecule has 1 N–H and O–H groups in total. The van der Waals surface area contributed by atoms with Crippen molar-refractivity contribution in [3.05, 3.63) is 16.7 Å². The molecule has 106 valence electrons. The highest BCUT2D eigenvalue weighted by Gasteiger charge is 2.23. The van der Waals surface area contributed by atoms with Gasteiger partial charge in [0.1, 0.15) is 10.3 Å². The van der Waals surface area contributed by atoms with Gasteiger partial charge in [0.2, 0.25) is 5.88 Å². The summed E-state index contributed by atoms with van der Waals surface area (Å²) in [6.45, 7) is 3.67. The molecule has 2 rings (SSSR count). The zero-order valence-electron chi connectivity index (χ0n) is 11.7. The monoisotopic (exact) mass is 327 g/mol. The predicted octanol–water partition coefficient (Wildman–Crippen LogP) is 3.17. The number of nitrogens with zero attached hydrogens (tertiary/aromatic N) is 2. The van der Waals surface area contributed by atoms with E-state index in [9.17, 15) is 0 Å². The summed E-state index contributed by atoms with van der Waals surface area (Å²) in [4.78, 5) is 6.85. The van der Waals surface area contributed by atoms with Gasteiger partial charge in [-0.15, -0.1) is 0 Å². The molecule has 4 nitrogen and oxygen atoms in total. The standard InChI is InChI=1S/C14H22BrN3O/c1-3-19-14-11(8-9-12(15)17-14)18-10-6-4-5-7-13(18)16-2/h8-9,13,16H,3-7,10H2,1-2H3/t13-/m0/s1. The van der Waals surface area contributed by atoms with Crippen molar-refractivity contribution >= 4 is 21.6 Å². The van der Waals surface area contributed by atoms with Crippen LogP contribution in [0.5, 0.6) is 5.88 Å². The summed E-state index contributed by atoms with van der Waals surface area (Å²) >= 11 is 3.41. The van der Waals surface area contributed by atoms with Crippen LogP contribution in [0.25, 0.3) is 0 Å². The Morgan fingerprint density at radius 2 is 2.26 bits per heavy atom. The smallest absolute Gasteiger partial charge is 0.238 e. The second kappa shape index (κ2) is 7.10. The number of nitrogens with one attached hydrogen (secondary N) is 1. The molecule has 0 bridgehead atoms. The minimum Gasteiger partial charge on any atom is -0.476 e. The van der Waals surface area contributed by atoms with Crippen LogP contribution in [0, 0.1) is 0 Å². The van der Waals surface area contributed by atoms with E-state index in [1.165, 1.54) is 19.3 Å². The molecule has 0 unspecified atom stereocenters. The molecule has 1 aromatic rings. The number of aromatic nitrogens is 1. The van der Waals surface area contributed by atoms with Gasteiger partial charge in [-0.05, 0) is 61.3 Å². The summed E-state index contributed by atoms with van der Waals surface area (Å²) in [5.41, 5.74) is 1.09. The Kier molecular flexibility index (Phi) is 5.45. The van der Waals surface area contributed by atoms with Crippen LogP contribution in [0.2, 0.25) is 0 Å². The van der Waals surface area contributed by atoms with Crippen LogP contribution >= 0.6 is 15.9 Å². The number of ether oxygens (including phenoxy) is 1. The van der Waals surface area contributed by atoms with Crippen LogP contribution in [-0.4, -0.2) is 31.3 Å². The van der Waals surface area contributed by atoms with E-state index in [0.717, 1.165) is 29.1 Å². The highest BCUT2D eigenvalue weighted by Crippen LogP contribution is 2.31. The van der Waals surface area contributed by atoms with Crippen molar-refractivity contribution in [1.29, 1.82) is 0 Å². The quantitative estimate of drug-likeness (QED) is 0.862. The summed E-state index contributed by atoms with van der Waals surface area (Å²) in [6, 6.07) is 4.08. The second-order valence-electron chi connectivity index (χ2n) is 4.74. The lowest BCUT2D eigenvalue weighted by Crippen LogP contribution is -2.44. The maximum atomic E-state index is 5.69. The molecule has 1 aliphatic rings. The third-order valence-corrected chi connectivity index (χ3v) is 3.92. The number of pyridine rings is 1. The van der Waals surface area contributed by atoms with Crippen LogP contribution in [0.4, 0.5) is 5.69 Å². The molecular formula is C14H22BrN3O. The minimum atomic E-state index is 0.365. The lowest BCUT2D eigenvalue weighted by atomic mass is 10.2. The van der Waals surface area contributed by atoms with Crippen molar-refractivity contribution in [2.45, 2.75) is 38.8 Å². The number of halogens is 1. The summed E-state index contributed by atoms with van der Waals surface area (Å²) in [5.74, 6) is 0.721. The largest absolute Gasteiger partial charge is 0.476 e. The van der Waals surface area contributed by atoms with Crippen LogP contribution in [0.3, 0.4) is 0 Å². The average molecular weight is 328 g/mol. The summed E-state index contributed by atoms with van der Waals surface area (Å²) in [5, 5.41) is 3.41. The Morgan fingerprint density at radius 3 is 3.00 bits per heavy atom. The van der Waals surface area contributed by atoms with Crippen LogP contribution < -0.4 is 15.0 Å². The zero-order chi connectivity index (χ0) is 13.7. The van der Waals surface area contributed by atoms with Crippen LogP contribution in [0.1, 0.15) is 32.6 Å². The van der Waals surface area contributed by atoms with E-state index in [0.29, 0.717) is 12.8 Å². The molecule has 0 saturated carbocycles. The molecule has 0 aliphatic carbocycles. The van der Waals surface area contributed by atoms with Crippen LogP contribution in [-0.2, 0) is 0 Å². The van der Waals surface area contributed by atoms with Crippen molar-refractivity contribution in [2.24, 2.45) is 0 Å². The molecule has 1 fully saturated rings. The van der Waals surface area contributed by atoms with Gasteiger partial charge in [0.25, 0.3) is 0 Å². The first kappa shape index (κ1) is 14.6. The molecule has 0 spiro atoms. The number of hydrogen-bond acceptors (Lipinski definition) is 4. The number of anilines is 1. The molecule has 0 radical (unpaired) electrons. The first-order valence-electron chi connectivity index (χ1n) is 6.99. The molecule has 19 heavy (non-hydrogen) atoms. The summed E-state index contributed by atoms with van der Waals surface area (Å²) in [6.07, 6.45) is 5.32. The topological polar surface area (TPSA) is 37.4 Å². The normalized spacial score (nSPS) is 20.2. The van der Waals surface area contributed by atoms with E-state index in [4.69, 9.17) is 4.74 Å². The lowest BCUT2D eigenvalue weighted by Gasteiger charge is -2.32. The molecule has 0 aromatic carbocycles. The fourth-order valence-electron chi connectivity index (χ4n) is 2.57. The number of hydrogen-bond donors (Lipinski definition) is 1. The molecule has 0 amide bonds. The summed E-state index contributed by atoms with van der Waals surface area (Å²) < 4.78 is 6.51. The molecular weight excluding hydrogens is 306 g/mol. The Bertz CT molecular complexity index is 414. The first-order valence-corrected chi connectivity index (χ1v) is 7.78. The highest BCUT2D eigenvalue weighted by molar-refractivity contribution is 9.10. The Morgan fingerprint density at radius 1 is 1.42 bits per heavy atom. The molecule has 1 aliphatic heterocycles. The van der Waals surface area contributed by atoms with E-state index in [2.05, 4.69) is 37.2 Å². The SMILES string of the molecule is CCOc1nc(Br)ccc1N1CCCCC[C@H]1NC. The maximum absolute atomic E-state index is 5.69. The third kappa shape index (κ3) is 3.60.